The average molecular weight is 284 g/mol. The fourth-order valence-corrected chi connectivity index (χ4v) is 3.08. The zero-order valence-electron chi connectivity index (χ0n) is 13.0. The molecule has 21 heavy (non-hydrogen) atoms. The fourth-order valence-electron chi connectivity index (χ4n) is 3.08. The number of hydrogen-bond acceptors (Lipinski definition) is 2. The highest BCUT2D eigenvalue weighted by Gasteiger charge is 2.48. The van der Waals surface area contributed by atoms with E-state index in [2.05, 4.69) is 67.3 Å². The Kier molecular flexibility index (Phi) is 3.77. The van der Waals surface area contributed by atoms with Gasteiger partial charge in [-0.25, -0.2) is 0 Å². The maximum absolute atomic E-state index is 5.80. The van der Waals surface area contributed by atoms with Gasteiger partial charge in [0.25, 0.3) is 0 Å². The summed E-state index contributed by atoms with van der Waals surface area (Å²) in [5, 5.41) is 3.67. The van der Waals surface area contributed by atoms with Crippen LogP contribution in [0.15, 0.2) is 48.8 Å². The third kappa shape index (κ3) is 2.70. The third-order valence-corrected chi connectivity index (χ3v) is 4.64. The van der Waals surface area contributed by atoms with Crippen LogP contribution in [0, 0.1) is 5.41 Å². The van der Waals surface area contributed by atoms with Gasteiger partial charge in [-0.1, -0.05) is 19.9 Å². The van der Waals surface area contributed by atoms with Crippen LogP contribution < -0.4 is 5.32 Å². The Bertz CT molecular complexity index is 589. The predicted molar refractivity (Wildman–Crippen MR) is 87.0 cm³/mol. The van der Waals surface area contributed by atoms with Crippen LogP contribution in [0.5, 0.6) is 0 Å². The molecule has 1 aliphatic rings. The first-order valence-electron chi connectivity index (χ1n) is 7.73. The molecule has 0 bridgehead atoms. The van der Waals surface area contributed by atoms with Crippen molar-refractivity contribution in [2.45, 2.75) is 39.3 Å². The minimum Gasteiger partial charge on any atom is -0.382 e. The molecule has 2 aromatic rings. The van der Waals surface area contributed by atoms with Crippen molar-refractivity contribution in [2.75, 3.05) is 11.9 Å². The second-order valence-corrected chi connectivity index (χ2v) is 6.34. The lowest BCUT2D eigenvalue weighted by molar-refractivity contribution is -0.0975. The molecule has 2 atom stereocenters. The van der Waals surface area contributed by atoms with Crippen LogP contribution in [0.4, 0.5) is 5.69 Å². The molecule has 0 amide bonds. The van der Waals surface area contributed by atoms with Gasteiger partial charge in [-0.05, 0) is 43.7 Å². The third-order valence-electron chi connectivity index (χ3n) is 4.64. The number of rotatable bonds is 5. The molecule has 2 unspecified atom stereocenters. The Morgan fingerprint density at radius 2 is 2.00 bits per heavy atom. The molecule has 1 fully saturated rings. The van der Waals surface area contributed by atoms with Gasteiger partial charge in [-0.3, -0.25) is 0 Å². The first-order valence-corrected chi connectivity index (χ1v) is 7.73. The van der Waals surface area contributed by atoms with Crippen LogP contribution in [0.2, 0.25) is 0 Å². The van der Waals surface area contributed by atoms with Crippen LogP contribution in [0.1, 0.15) is 27.2 Å². The molecule has 1 N–H and O–H groups in total. The van der Waals surface area contributed by atoms with Gasteiger partial charge in [0.05, 0.1) is 6.10 Å². The summed E-state index contributed by atoms with van der Waals surface area (Å²) in [6, 6.07) is 13.1. The predicted octanol–water partition coefficient (Wildman–Crippen LogP) is 4.09. The molecule has 0 spiro atoms. The summed E-state index contributed by atoms with van der Waals surface area (Å²) >= 11 is 0. The van der Waals surface area contributed by atoms with Gasteiger partial charge >= 0.3 is 0 Å². The molecule has 1 saturated carbocycles. The molecule has 0 aliphatic heterocycles. The van der Waals surface area contributed by atoms with Crippen molar-refractivity contribution in [2.24, 2.45) is 5.41 Å². The van der Waals surface area contributed by atoms with Crippen LogP contribution in [-0.2, 0) is 4.74 Å². The maximum atomic E-state index is 5.80. The topological polar surface area (TPSA) is 26.2 Å². The summed E-state index contributed by atoms with van der Waals surface area (Å²) in [6.45, 7) is 7.43. The van der Waals surface area contributed by atoms with Gasteiger partial charge < -0.3 is 14.6 Å². The molecule has 112 valence electrons. The summed E-state index contributed by atoms with van der Waals surface area (Å²) < 4.78 is 7.92. The zero-order chi connectivity index (χ0) is 14.9. The monoisotopic (exact) mass is 284 g/mol. The zero-order valence-corrected chi connectivity index (χ0v) is 13.0. The van der Waals surface area contributed by atoms with E-state index in [9.17, 15) is 0 Å². The van der Waals surface area contributed by atoms with Crippen molar-refractivity contribution >= 4 is 5.69 Å². The van der Waals surface area contributed by atoms with E-state index in [4.69, 9.17) is 4.74 Å². The lowest BCUT2D eigenvalue weighted by Crippen LogP contribution is -2.58. The van der Waals surface area contributed by atoms with E-state index in [0.717, 1.165) is 13.0 Å². The van der Waals surface area contributed by atoms with Gasteiger partial charge in [0.15, 0.2) is 0 Å². The largest absolute Gasteiger partial charge is 0.382 e. The highest BCUT2D eigenvalue weighted by Crippen LogP contribution is 2.44. The number of nitrogens with one attached hydrogen (secondary N) is 1. The Labute approximate surface area is 126 Å². The molecule has 1 aromatic carbocycles. The Morgan fingerprint density at radius 3 is 2.67 bits per heavy atom. The number of anilines is 1. The van der Waals surface area contributed by atoms with Gasteiger partial charge in [-0.2, -0.15) is 0 Å². The van der Waals surface area contributed by atoms with Gasteiger partial charge in [0.2, 0.25) is 0 Å². The summed E-state index contributed by atoms with van der Waals surface area (Å²) in [5.41, 5.74) is 2.54. The van der Waals surface area contributed by atoms with Gasteiger partial charge in [0.1, 0.15) is 0 Å². The molecule has 1 aromatic heterocycles. The number of benzene rings is 1. The van der Waals surface area contributed by atoms with E-state index in [1.165, 1.54) is 11.4 Å². The smallest absolute Gasteiger partial charge is 0.0665 e. The van der Waals surface area contributed by atoms with E-state index in [1.807, 2.05) is 12.1 Å². The van der Waals surface area contributed by atoms with Crippen LogP contribution in [0.25, 0.3) is 5.69 Å². The van der Waals surface area contributed by atoms with Crippen molar-refractivity contribution in [3.8, 4) is 5.69 Å². The summed E-state index contributed by atoms with van der Waals surface area (Å²) in [6.07, 6.45) is 5.58. The van der Waals surface area contributed by atoms with E-state index in [-0.39, 0.29) is 5.41 Å². The van der Waals surface area contributed by atoms with Crippen molar-refractivity contribution in [3.63, 3.8) is 0 Å². The Morgan fingerprint density at radius 1 is 1.24 bits per heavy atom. The van der Waals surface area contributed by atoms with Gasteiger partial charge in [0, 0.05) is 41.8 Å². The summed E-state index contributed by atoms with van der Waals surface area (Å²) in [4.78, 5) is 0. The molecule has 3 nitrogen and oxygen atoms in total. The second kappa shape index (κ2) is 5.57. The first kappa shape index (κ1) is 14.2. The van der Waals surface area contributed by atoms with Crippen LogP contribution in [-0.4, -0.2) is 23.3 Å². The summed E-state index contributed by atoms with van der Waals surface area (Å²) in [7, 11) is 0. The average Bonchev–Trinajstić information content (AvgIpc) is 3.01. The fraction of sp³-hybridized carbons (Fsp3) is 0.444. The quantitative estimate of drug-likeness (QED) is 0.895. The van der Waals surface area contributed by atoms with Crippen molar-refractivity contribution < 1.29 is 4.74 Å². The van der Waals surface area contributed by atoms with E-state index >= 15 is 0 Å². The molecular formula is C18H24N2O. The molecule has 3 rings (SSSR count). The molecule has 0 saturated heterocycles. The molecule has 1 aliphatic carbocycles. The molecular weight excluding hydrogens is 260 g/mol. The van der Waals surface area contributed by atoms with E-state index in [0.29, 0.717) is 12.1 Å². The highest BCUT2D eigenvalue weighted by molar-refractivity contribution is 5.52. The minimum absolute atomic E-state index is 0.180. The van der Waals surface area contributed by atoms with E-state index in [1.54, 1.807) is 0 Å². The molecule has 1 heterocycles. The SMILES string of the molecule is CCOC1CC(Nc2cccc(-n3cccc3)c2)C1(C)C. The lowest BCUT2D eigenvalue weighted by Gasteiger charge is -2.52. The van der Waals surface area contributed by atoms with Crippen molar-refractivity contribution in [1.82, 2.24) is 4.57 Å². The second-order valence-electron chi connectivity index (χ2n) is 6.34. The molecule has 0 radical (unpaired) electrons. The number of hydrogen-bond donors (Lipinski definition) is 1. The molecule has 3 heteroatoms. The summed E-state index contributed by atoms with van der Waals surface area (Å²) in [5.74, 6) is 0. The van der Waals surface area contributed by atoms with E-state index < -0.39 is 0 Å². The standard InChI is InChI=1S/C18H24N2O/c1-4-21-17-13-16(18(17,2)3)19-14-8-7-9-15(12-14)20-10-5-6-11-20/h5-12,16-17,19H,4,13H2,1-3H3. The number of ether oxygens (including phenoxy) is 1. The highest BCUT2D eigenvalue weighted by atomic mass is 16.5. The Hall–Kier alpha value is -1.74. The normalized spacial score (nSPS) is 23.6. The Balaban J connectivity index is 1.71. The number of aromatic nitrogens is 1. The number of nitrogens with zero attached hydrogens (tertiary/aromatic N) is 1. The van der Waals surface area contributed by atoms with Crippen LogP contribution in [0.3, 0.4) is 0 Å². The van der Waals surface area contributed by atoms with Gasteiger partial charge in [-0.15, -0.1) is 0 Å². The minimum atomic E-state index is 0.180. The first-order chi connectivity index (χ1) is 10.1. The van der Waals surface area contributed by atoms with Crippen molar-refractivity contribution in [1.29, 1.82) is 0 Å². The maximum Gasteiger partial charge on any atom is 0.0665 e. The van der Waals surface area contributed by atoms with Crippen LogP contribution >= 0.6 is 0 Å². The lowest BCUT2D eigenvalue weighted by atomic mass is 9.64. The van der Waals surface area contributed by atoms with Crippen molar-refractivity contribution in [3.05, 3.63) is 48.8 Å².